The molecule has 14 heavy (non-hydrogen) atoms. The van der Waals surface area contributed by atoms with Crippen LogP contribution < -0.4 is 5.73 Å². The molecule has 0 radical (unpaired) electrons. The molecule has 1 heterocycles. The second kappa shape index (κ2) is 4.06. The number of aliphatic hydroxyl groups is 1. The molecule has 0 aliphatic heterocycles. The average Bonchev–Trinajstić information content (AvgIpc) is 2.58. The first-order chi connectivity index (χ1) is 6.79. The van der Waals surface area contributed by atoms with Gasteiger partial charge in [-0.1, -0.05) is 11.6 Å². The van der Waals surface area contributed by atoms with E-state index in [0.717, 1.165) is 6.42 Å². The van der Waals surface area contributed by atoms with Gasteiger partial charge >= 0.3 is 0 Å². The molecule has 3 N–H and O–H groups in total. The highest BCUT2D eigenvalue weighted by Gasteiger charge is 2.21. The van der Waals surface area contributed by atoms with Crippen LogP contribution in [0.2, 0.25) is 0 Å². The Labute approximate surface area is 82.3 Å². The van der Waals surface area contributed by atoms with Gasteiger partial charge in [0.2, 0.25) is 5.89 Å². The molecule has 0 bridgehead atoms. The first-order valence-electron chi connectivity index (χ1n) is 4.98. The van der Waals surface area contributed by atoms with Crippen molar-refractivity contribution in [3.8, 4) is 0 Å². The van der Waals surface area contributed by atoms with Crippen LogP contribution in [0.4, 0.5) is 0 Å². The van der Waals surface area contributed by atoms with Gasteiger partial charge in [0.25, 0.3) is 0 Å². The average molecular weight is 197 g/mol. The van der Waals surface area contributed by atoms with E-state index in [1.807, 2.05) is 0 Å². The SMILES string of the molecule is NC(CO)c1noc(CC2CCC2)n1. The summed E-state index contributed by atoms with van der Waals surface area (Å²) >= 11 is 0. The van der Waals surface area contributed by atoms with E-state index < -0.39 is 6.04 Å². The highest BCUT2D eigenvalue weighted by atomic mass is 16.5. The van der Waals surface area contributed by atoms with Crippen molar-refractivity contribution in [2.75, 3.05) is 6.61 Å². The summed E-state index contributed by atoms with van der Waals surface area (Å²) in [5, 5.41) is 12.5. The summed E-state index contributed by atoms with van der Waals surface area (Å²) in [6.07, 6.45) is 4.67. The molecule has 2 rings (SSSR count). The molecule has 0 spiro atoms. The molecule has 1 atom stereocenters. The molecule has 78 valence electrons. The van der Waals surface area contributed by atoms with Gasteiger partial charge in [0, 0.05) is 6.42 Å². The van der Waals surface area contributed by atoms with E-state index in [1.165, 1.54) is 19.3 Å². The molecule has 0 aromatic carbocycles. The van der Waals surface area contributed by atoms with Crippen LogP contribution in [0.3, 0.4) is 0 Å². The second-order valence-electron chi connectivity index (χ2n) is 3.84. The van der Waals surface area contributed by atoms with Crippen LogP contribution in [0.5, 0.6) is 0 Å². The number of nitrogens with zero attached hydrogens (tertiary/aromatic N) is 2. The van der Waals surface area contributed by atoms with Crippen LogP contribution >= 0.6 is 0 Å². The van der Waals surface area contributed by atoms with E-state index in [4.69, 9.17) is 15.4 Å². The molecule has 1 fully saturated rings. The van der Waals surface area contributed by atoms with Crippen molar-refractivity contribution in [1.82, 2.24) is 10.1 Å². The maximum Gasteiger partial charge on any atom is 0.226 e. The van der Waals surface area contributed by atoms with Crippen LogP contribution in [0.15, 0.2) is 4.52 Å². The third kappa shape index (κ3) is 1.93. The topological polar surface area (TPSA) is 85.2 Å². The van der Waals surface area contributed by atoms with Crippen molar-refractivity contribution >= 4 is 0 Å². The fourth-order valence-electron chi connectivity index (χ4n) is 1.53. The number of hydrogen-bond donors (Lipinski definition) is 2. The lowest BCUT2D eigenvalue weighted by Gasteiger charge is -2.23. The number of aliphatic hydroxyl groups excluding tert-OH is 1. The zero-order valence-electron chi connectivity index (χ0n) is 8.02. The largest absolute Gasteiger partial charge is 0.394 e. The predicted octanol–water partition coefficient (Wildman–Crippen LogP) is 0.404. The normalized spacial score (nSPS) is 19.3. The lowest BCUT2D eigenvalue weighted by atomic mass is 9.83. The maximum atomic E-state index is 8.79. The summed E-state index contributed by atoms with van der Waals surface area (Å²) < 4.78 is 5.04. The summed E-state index contributed by atoms with van der Waals surface area (Å²) in [5.74, 6) is 1.75. The highest BCUT2D eigenvalue weighted by Crippen LogP contribution is 2.29. The van der Waals surface area contributed by atoms with Crippen molar-refractivity contribution in [2.24, 2.45) is 11.7 Å². The minimum Gasteiger partial charge on any atom is -0.394 e. The van der Waals surface area contributed by atoms with E-state index in [2.05, 4.69) is 10.1 Å². The van der Waals surface area contributed by atoms with E-state index >= 15 is 0 Å². The second-order valence-corrected chi connectivity index (χ2v) is 3.84. The zero-order valence-corrected chi connectivity index (χ0v) is 8.02. The van der Waals surface area contributed by atoms with Crippen LogP contribution in [0.25, 0.3) is 0 Å². The van der Waals surface area contributed by atoms with Gasteiger partial charge < -0.3 is 15.4 Å². The number of rotatable bonds is 4. The van der Waals surface area contributed by atoms with E-state index in [9.17, 15) is 0 Å². The fourth-order valence-corrected chi connectivity index (χ4v) is 1.53. The van der Waals surface area contributed by atoms with Crippen molar-refractivity contribution in [2.45, 2.75) is 31.7 Å². The Morgan fingerprint density at radius 3 is 2.93 bits per heavy atom. The molecule has 0 saturated heterocycles. The summed E-state index contributed by atoms with van der Waals surface area (Å²) in [4.78, 5) is 4.14. The third-order valence-electron chi connectivity index (χ3n) is 2.70. The van der Waals surface area contributed by atoms with Crippen LogP contribution in [-0.4, -0.2) is 21.9 Å². The van der Waals surface area contributed by atoms with Gasteiger partial charge in [-0.3, -0.25) is 0 Å². The highest BCUT2D eigenvalue weighted by molar-refractivity contribution is 4.94. The minimum atomic E-state index is -0.520. The van der Waals surface area contributed by atoms with E-state index in [-0.39, 0.29) is 6.61 Å². The van der Waals surface area contributed by atoms with Gasteiger partial charge in [0.05, 0.1) is 12.6 Å². The zero-order chi connectivity index (χ0) is 9.97. The lowest BCUT2D eigenvalue weighted by molar-refractivity contribution is 0.256. The summed E-state index contributed by atoms with van der Waals surface area (Å²) in [7, 11) is 0. The Kier molecular flexibility index (Phi) is 2.79. The molecule has 1 aromatic heterocycles. The minimum absolute atomic E-state index is 0.150. The van der Waals surface area contributed by atoms with E-state index in [0.29, 0.717) is 17.6 Å². The van der Waals surface area contributed by atoms with Crippen molar-refractivity contribution in [3.63, 3.8) is 0 Å². The van der Waals surface area contributed by atoms with Crippen molar-refractivity contribution in [3.05, 3.63) is 11.7 Å². The van der Waals surface area contributed by atoms with Crippen LogP contribution in [0.1, 0.15) is 37.0 Å². The van der Waals surface area contributed by atoms with Gasteiger partial charge in [-0.05, 0) is 18.8 Å². The molecule has 1 aliphatic rings. The molecule has 1 saturated carbocycles. The van der Waals surface area contributed by atoms with Gasteiger partial charge in [-0.15, -0.1) is 0 Å². The molecule has 5 nitrogen and oxygen atoms in total. The first-order valence-corrected chi connectivity index (χ1v) is 4.98. The van der Waals surface area contributed by atoms with Gasteiger partial charge in [-0.2, -0.15) is 4.98 Å². The quantitative estimate of drug-likeness (QED) is 0.730. The van der Waals surface area contributed by atoms with Crippen molar-refractivity contribution < 1.29 is 9.63 Å². The van der Waals surface area contributed by atoms with Crippen molar-refractivity contribution in [1.29, 1.82) is 0 Å². The Morgan fingerprint density at radius 2 is 2.36 bits per heavy atom. The number of hydrogen-bond acceptors (Lipinski definition) is 5. The molecule has 1 aromatic rings. The summed E-state index contributed by atoms with van der Waals surface area (Å²) in [6.45, 7) is -0.150. The molecular weight excluding hydrogens is 182 g/mol. The van der Waals surface area contributed by atoms with Gasteiger partial charge in [-0.25, -0.2) is 0 Å². The molecule has 5 heteroatoms. The standard InChI is InChI=1S/C9H15N3O2/c10-7(5-13)9-11-8(14-12-9)4-6-2-1-3-6/h6-7,13H,1-5,10H2. The fraction of sp³-hybridized carbons (Fsp3) is 0.778. The lowest BCUT2D eigenvalue weighted by Crippen LogP contribution is -2.16. The van der Waals surface area contributed by atoms with Crippen LogP contribution in [-0.2, 0) is 6.42 Å². The Hall–Kier alpha value is -0.940. The van der Waals surface area contributed by atoms with Gasteiger partial charge in [0.1, 0.15) is 0 Å². The molecule has 1 unspecified atom stereocenters. The molecular formula is C9H15N3O2. The van der Waals surface area contributed by atoms with Gasteiger partial charge in [0.15, 0.2) is 5.82 Å². The summed E-state index contributed by atoms with van der Waals surface area (Å²) in [6, 6.07) is -0.520. The smallest absolute Gasteiger partial charge is 0.226 e. The Bertz CT molecular complexity index is 296. The Balaban J connectivity index is 1.94. The van der Waals surface area contributed by atoms with E-state index in [1.54, 1.807) is 0 Å². The number of nitrogens with two attached hydrogens (primary N) is 1. The molecule has 1 aliphatic carbocycles. The Morgan fingerprint density at radius 1 is 1.57 bits per heavy atom. The van der Waals surface area contributed by atoms with Crippen LogP contribution in [0, 0.1) is 5.92 Å². The summed E-state index contributed by atoms with van der Waals surface area (Å²) in [5.41, 5.74) is 5.55. The third-order valence-corrected chi connectivity index (χ3v) is 2.70. The maximum absolute atomic E-state index is 8.79. The predicted molar refractivity (Wildman–Crippen MR) is 49.4 cm³/mol. The number of aromatic nitrogens is 2. The first kappa shape index (κ1) is 9.61. The molecule has 0 amide bonds. The monoisotopic (exact) mass is 197 g/mol.